The molecule has 2 unspecified atom stereocenters. The molecule has 5 heteroatoms. The molecule has 2 fully saturated rings. The lowest BCUT2D eigenvalue weighted by Gasteiger charge is -2.36. The summed E-state index contributed by atoms with van der Waals surface area (Å²) in [5, 5.41) is 8.96. The first-order valence-electron chi connectivity index (χ1n) is 6.94. The Labute approximate surface area is 109 Å². The molecule has 0 saturated carbocycles. The SMILES string of the molecule is CN1CCCCC1CCN1CCOC(C(=O)O)C1. The van der Waals surface area contributed by atoms with Gasteiger partial charge in [-0.25, -0.2) is 4.79 Å². The summed E-state index contributed by atoms with van der Waals surface area (Å²) >= 11 is 0. The summed E-state index contributed by atoms with van der Waals surface area (Å²) in [6, 6.07) is 0.671. The Morgan fingerprint density at radius 3 is 2.94 bits per heavy atom. The van der Waals surface area contributed by atoms with E-state index in [9.17, 15) is 4.79 Å². The number of nitrogens with zero attached hydrogens (tertiary/aromatic N) is 2. The highest BCUT2D eigenvalue weighted by Crippen LogP contribution is 2.18. The van der Waals surface area contributed by atoms with Gasteiger partial charge >= 0.3 is 5.97 Å². The molecular formula is C13H24N2O3. The van der Waals surface area contributed by atoms with E-state index in [4.69, 9.17) is 9.84 Å². The Kier molecular flexibility index (Phi) is 4.97. The molecule has 0 spiro atoms. The quantitative estimate of drug-likeness (QED) is 0.800. The fourth-order valence-electron chi connectivity index (χ4n) is 2.90. The van der Waals surface area contributed by atoms with E-state index in [-0.39, 0.29) is 0 Å². The number of hydrogen-bond donors (Lipinski definition) is 1. The smallest absolute Gasteiger partial charge is 0.334 e. The minimum atomic E-state index is -0.838. The fourth-order valence-corrected chi connectivity index (χ4v) is 2.90. The Morgan fingerprint density at radius 2 is 2.22 bits per heavy atom. The van der Waals surface area contributed by atoms with Crippen molar-refractivity contribution in [2.75, 3.05) is 39.8 Å². The third-order valence-corrected chi connectivity index (χ3v) is 4.13. The van der Waals surface area contributed by atoms with Crippen molar-refractivity contribution < 1.29 is 14.6 Å². The van der Waals surface area contributed by atoms with E-state index in [1.54, 1.807) is 0 Å². The zero-order valence-electron chi connectivity index (χ0n) is 11.2. The van der Waals surface area contributed by atoms with E-state index in [1.165, 1.54) is 25.8 Å². The van der Waals surface area contributed by atoms with Gasteiger partial charge in [0.2, 0.25) is 0 Å². The maximum Gasteiger partial charge on any atom is 0.334 e. The first-order valence-corrected chi connectivity index (χ1v) is 6.94. The lowest BCUT2D eigenvalue weighted by atomic mass is 10.00. The molecule has 2 aliphatic heterocycles. The summed E-state index contributed by atoms with van der Waals surface area (Å²) in [5.74, 6) is -0.838. The maximum absolute atomic E-state index is 10.9. The van der Waals surface area contributed by atoms with Crippen molar-refractivity contribution in [2.45, 2.75) is 37.8 Å². The van der Waals surface area contributed by atoms with Crippen LogP contribution in [0.15, 0.2) is 0 Å². The van der Waals surface area contributed by atoms with Crippen LogP contribution in [0, 0.1) is 0 Å². The topological polar surface area (TPSA) is 53.0 Å². The van der Waals surface area contributed by atoms with E-state index in [1.807, 2.05) is 0 Å². The van der Waals surface area contributed by atoms with E-state index >= 15 is 0 Å². The molecule has 2 atom stereocenters. The van der Waals surface area contributed by atoms with Crippen molar-refractivity contribution in [2.24, 2.45) is 0 Å². The first-order chi connectivity index (χ1) is 8.66. The summed E-state index contributed by atoms with van der Waals surface area (Å²) in [4.78, 5) is 15.6. The summed E-state index contributed by atoms with van der Waals surface area (Å²) in [6.45, 7) is 4.12. The van der Waals surface area contributed by atoms with Crippen molar-refractivity contribution in [3.63, 3.8) is 0 Å². The molecule has 0 aromatic rings. The van der Waals surface area contributed by atoms with Crippen LogP contribution in [-0.2, 0) is 9.53 Å². The van der Waals surface area contributed by atoms with Crippen molar-refractivity contribution in [3.05, 3.63) is 0 Å². The molecule has 0 bridgehead atoms. The Balaban J connectivity index is 1.74. The number of piperidine rings is 1. The van der Waals surface area contributed by atoms with Crippen LogP contribution in [0.2, 0.25) is 0 Å². The molecule has 2 rings (SSSR count). The van der Waals surface area contributed by atoms with Crippen LogP contribution in [0.3, 0.4) is 0 Å². The number of carbonyl (C=O) groups is 1. The van der Waals surface area contributed by atoms with Crippen LogP contribution in [0.1, 0.15) is 25.7 Å². The molecule has 1 N–H and O–H groups in total. The van der Waals surface area contributed by atoms with Crippen LogP contribution in [-0.4, -0.2) is 72.9 Å². The zero-order chi connectivity index (χ0) is 13.0. The molecule has 0 aliphatic carbocycles. The standard InChI is InChI=1S/C13H24N2O3/c1-14-6-3-2-4-11(14)5-7-15-8-9-18-12(10-15)13(16)17/h11-12H,2-10H2,1H3,(H,16,17). The molecular weight excluding hydrogens is 232 g/mol. The fraction of sp³-hybridized carbons (Fsp3) is 0.923. The highest BCUT2D eigenvalue weighted by atomic mass is 16.5. The van der Waals surface area contributed by atoms with Crippen molar-refractivity contribution >= 4 is 5.97 Å². The van der Waals surface area contributed by atoms with Gasteiger partial charge in [-0.1, -0.05) is 6.42 Å². The van der Waals surface area contributed by atoms with Crippen LogP contribution >= 0.6 is 0 Å². The predicted molar refractivity (Wildman–Crippen MR) is 68.7 cm³/mol. The molecule has 5 nitrogen and oxygen atoms in total. The number of hydrogen-bond acceptors (Lipinski definition) is 4. The van der Waals surface area contributed by atoms with Crippen molar-refractivity contribution in [1.82, 2.24) is 9.80 Å². The number of aliphatic carboxylic acids is 1. The number of rotatable bonds is 4. The monoisotopic (exact) mass is 256 g/mol. The minimum Gasteiger partial charge on any atom is -0.479 e. The minimum absolute atomic E-state index is 0.533. The van der Waals surface area contributed by atoms with Crippen LogP contribution in [0.25, 0.3) is 0 Å². The second-order valence-corrected chi connectivity index (χ2v) is 5.42. The van der Waals surface area contributed by atoms with Gasteiger partial charge in [0.15, 0.2) is 6.10 Å². The lowest BCUT2D eigenvalue weighted by Crippen LogP contribution is -2.47. The van der Waals surface area contributed by atoms with Crippen LogP contribution in [0.5, 0.6) is 0 Å². The van der Waals surface area contributed by atoms with Gasteiger partial charge in [0.1, 0.15) is 0 Å². The third-order valence-electron chi connectivity index (χ3n) is 4.13. The number of carboxylic acids is 1. The highest BCUT2D eigenvalue weighted by Gasteiger charge is 2.27. The number of carboxylic acid groups (broad SMARTS) is 1. The molecule has 18 heavy (non-hydrogen) atoms. The zero-order valence-corrected chi connectivity index (χ0v) is 11.2. The van der Waals surface area contributed by atoms with Gasteiger partial charge < -0.3 is 14.7 Å². The lowest BCUT2D eigenvalue weighted by molar-refractivity contribution is -0.156. The molecule has 0 amide bonds. The van der Waals surface area contributed by atoms with Gasteiger partial charge in [0.05, 0.1) is 6.61 Å². The molecule has 0 aromatic heterocycles. The largest absolute Gasteiger partial charge is 0.479 e. The second-order valence-electron chi connectivity index (χ2n) is 5.42. The predicted octanol–water partition coefficient (Wildman–Crippen LogP) is 0.646. The summed E-state index contributed by atoms with van der Waals surface area (Å²) < 4.78 is 5.23. The Bertz CT molecular complexity index is 285. The number of likely N-dealkylation sites (tertiary alicyclic amines) is 1. The van der Waals surface area contributed by atoms with Crippen LogP contribution in [0.4, 0.5) is 0 Å². The Morgan fingerprint density at radius 1 is 1.39 bits per heavy atom. The van der Waals surface area contributed by atoms with Gasteiger partial charge in [0, 0.05) is 19.1 Å². The maximum atomic E-state index is 10.9. The first kappa shape index (κ1) is 13.8. The van der Waals surface area contributed by atoms with Gasteiger partial charge in [-0.15, -0.1) is 0 Å². The number of morpholine rings is 1. The van der Waals surface area contributed by atoms with Gasteiger partial charge in [-0.2, -0.15) is 0 Å². The summed E-state index contributed by atoms with van der Waals surface area (Å²) in [6.07, 6.45) is 4.43. The molecule has 0 radical (unpaired) electrons. The Hall–Kier alpha value is -0.650. The summed E-state index contributed by atoms with van der Waals surface area (Å²) in [7, 11) is 2.20. The third kappa shape index (κ3) is 3.67. The summed E-state index contributed by atoms with van der Waals surface area (Å²) in [5.41, 5.74) is 0. The van der Waals surface area contributed by atoms with Gasteiger partial charge in [-0.05, 0) is 39.4 Å². The van der Waals surface area contributed by atoms with E-state index in [0.29, 0.717) is 19.2 Å². The average Bonchev–Trinajstić information content (AvgIpc) is 2.38. The van der Waals surface area contributed by atoms with E-state index in [2.05, 4.69) is 16.8 Å². The number of ether oxygens (including phenoxy) is 1. The van der Waals surface area contributed by atoms with Crippen molar-refractivity contribution in [3.8, 4) is 0 Å². The molecule has 0 aromatic carbocycles. The highest BCUT2D eigenvalue weighted by molar-refractivity contribution is 5.72. The average molecular weight is 256 g/mol. The van der Waals surface area contributed by atoms with E-state index in [0.717, 1.165) is 19.5 Å². The van der Waals surface area contributed by atoms with Gasteiger partial charge in [0.25, 0.3) is 0 Å². The second kappa shape index (κ2) is 6.50. The van der Waals surface area contributed by atoms with Crippen molar-refractivity contribution in [1.29, 1.82) is 0 Å². The van der Waals surface area contributed by atoms with Gasteiger partial charge in [-0.3, -0.25) is 4.90 Å². The molecule has 2 aliphatic rings. The molecule has 104 valence electrons. The molecule has 2 heterocycles. The molecule has 2 saturated heterocycles. The normalized spacial score (nSPS) is 31.4. The van der Waals surface area contributed by atoms with E-state index < -0.39 is 12.1 Å². The van der Waals surface area contributed by atoms with Crippen LogP contribution < -0.4 is 0 Å².